The summed E-state index contributed by atoms with van der Waals surface area (Å²) >= 11 is 0. The van der Waals surface area contributed by atoms with Crippen molar-refractivity contribution in [2.75, 3.05) is 0 Å². The van der Waals surface area contributed by atoms with Crippen molar-refractivity contribution in [1.29, 1.82) is 0 Å². The number of pyridine rings is 1. The molecule has 1 amide bonds. The maximum Gasteiger partial charge on any atom is 0.242 e. The highest BCUT2D eigenvalue weighted by Crippen LogP contribution is 2.30. The maximum atomic E-state index is 12.5. The quantitative estimate of drug-likeness (QED) is 0.861. The molecule has 4 nitrogen and oxygen atoms in total. The van der Waals surface area contributed by atoms with Crippen LogP contribution in [0.5, 0.6) is 0 Å². The summed E-state index contributed by atoms with van der Waals surface area (Å²) in [5.74, 6) is 0.0595. The van der Waals surface area contributed by atoms with Crippen molar-refractivity contribution in [2.24, 2.45) is 5.73 Å². The maximum absolute atomic E-state index is 12.5. The van der Waals surface area contributed by atoms with Gasteiger partial charge in [-0.2, -0.15) is 0 Å². The lowest BCUT2D eigenvalue weighted by atomic mass is 9.98. The molecule has 18 heavy (non-hydrogen) atoms. The largest absolute Gasteiger partial charge is 0.334 e. The van der Waals surface area contributed by atoms with Crippen LogP contribution in [-0.4, -0.2) is 27.4 Å². The van der Waals surface area contributed by atoms with Crippen LogP contribution >= 0.6 is 0 Å². The summed E-state index contributed by atoms with van der Waals surface area (Å²) in [7, 11) is 0. The monoisotopic (exact) mass is 247 g/mol. The van der Waals surface area contributed by atoms with Crippen molar-refractivity contribution >= 4 is 5.91 Å². The standard InChI is InChI=1S/C14H21N3O/c1-3-14(2,15)13(18)17(12-4-5-12)10-11-6-8-16-9-7-11/h6-9,12H,3-5,10,15H2,1-2H3. The van der Waals surface area contributed by atoms with Gasteiger partial charge < -0.3 is 10.6 Å². The van der Waals surface area contributed by atoms with Crippen LogP contribution in [0.15, 0.2) is 24.5 Å². The van der Waals surface area contributed by atoms with Crippen LogP contribution in [0.4, 0.5) is 0 Å². The lowest BCUT2D eigenvalue weighted by Gasteiger charge is -2.31. The van der Waals surface area contributed by atoms with E-state index in [0.29, 0.717) is 19.0 Å². The zero-order chi connectivity index (χ0) is 13.2. The van der Waals surface area contributed by atoms with Crippen LogP contribution in [0.25, 0.3) is 0 Å². The summed E-state index contributed by atoms with van der Waals surface area (Å²) in [5, 5.41) is 0. The van der Waals surface area contributed by atoms with Gasteiger partial charge in [-0.25, -0.2) is 0 Å². The first kappa shape index (κ1) is 13.0. The lowest BCUT2D eigenvalue weighted by molar-refractivity contribution is -0.137. The molecule has 1 aliphatic rings. The Morgan fingerprint density at radius 3 is 2.61 bits per heavy atom. The number of nitrogens with zero attached hydrogens (tertiary/aromatic N) is 2. The third kappa shape index (κ3) is 2.88. The van der Waals surface area contributed by atoms with E-state index in [4.69, 9.17) is 5.73 Å². The van der Waals surface area contributed by atoms with E-state index in [1.54, 1.807) is 12.4 Å². The normalized spacial score (nSPS) is 18.2. The average Bonchev–Trinajstić information content (AvgIpc) is 3.20. The summed E-state index contributed by atoms with van der Waals surface area (Å²) < 4.78 is 0. The van der Waals surface area contributed by atoms with Crippen molar-refractivity contribution < 1.29 is 4.79 Å². The molecule has 4 heteroatoms. The predicted molar refractivity (Wildman–Crippen MR) is 70.7 cm³/mol. The first-order valence-corrected chi connectivity index (χ1v) is 6.53. The van der Waals surface area contributed by atoms with E-state index in [1.165, 1.54) is 0 Å². The van der Waals surface area contributed by atoms with Crippen LogP contribution in [0.3, 0.4) is 0 Å². The first-order valence-electron chi connectivity index (χ1n) is 6.53. The van der Waals surface area contributed by atoms with Crippen LogP contribution in [0.1, 0.15) is 38.7 Å². The van der Waals surface area contributed by atoms with Crippen molar-refractivity contribution in [2.45, 2.75) is 51.2 Å². The van der Waals surface area contributed by atoms with Gasteiger partial charge in [0.2, 0.25) is 5.91 Å². The van der Waals surface area contributed by atoms with E-state index in [0.717, 1.165) is 18.4 Å². The topological polar surface area (TPSA) is 59.2 Å². The number of hydrogen-bond acceptors (Lipinski definition) is 3. The van der Waals surface area contributed by atoms with Gasteiger partial charge in [-0.3, -0.25) is 9.78 Å². The molecule has 1 heterocycles. The van der Waals surface area contributed by atoms with E-state index >= 15 is 0 Å². The summed E-state index contributed by atoms with van der Waals surface area (Å²) in [6, 6.07) is 4.27. The molecule has 1 aromatic rings. The fourth-order valence-electron chi connectivity index (χ4n) is 1.92. The Kier molecular flexibility index (Phi) is 3.66. The number of aromatic nitrogens is 1. The molecule has 0 spiro atoms. The minimum atomic E-state index is -0.754. The molecule has 2 N–H and O–H groups in total. The zero-order valence-corrected chi connectivity index (χ0v) is 11.1. The number of carbonyl (C=O) groups excluding carboxylic acids is 1. The molecule has 1 aromatic heterocycles. The summed E-state index contributed by atoms with van der Waals surface area (Å²) in [4.78, 5) is 18.4. The Morgan fingerprint density at radius 1 is 1.50 bits per heavy atom. The van der Waals surface area contributed by atoms with Crippen molar-refractivity contribution in [3.05, 3.63) is 30.1 Å². The minimum Gasteiger partial charge on any atom is -0.334 e. The van der Waals surface area contributed by atoms with Gasteiger partial charge in [0.25, 0.3) is 0 Å². The number of amides is 1. The van der Waals surface area contributed by atoms with E-state index in [9.17, 15) is 4.79 Å². The molecule has 0 aromatic carbocycles. The van der Waals surface area contributed by atoms with E-state index in [1.807, 2.05) is 30.9 Å². The second-order valence-electron chi connectivity index (χ2n) is 5.29. The van der Waals surface area contributed by atoms with Crippen molar-refractivity contribution in [1.82, 2.24) is 9.88 Å². The number of carbonyl (C=O) groups is 1. The molecule has 0 bridgehead atoms. The molecular formula is C14H21N3O. The van der Waals surface area contributed by atoms with Crippen molar-refractivity contribution in [3.63, 3.8) is 0 Å². The Morgan fingerprint density at radius 2 is 2.11 bits per heavy atom. The highest BCUT2D eigenvalue weighted by atomic mass is 16.2. The SMILES string of the molecule is CCC(C)(N)C(=O)N(Cc1ccncc1)C1CC1. The molecule has 2 rings (SSSR count). The second-order valence-corrected chi connectivity index (χ2v) is 5.29. The Hall–Kier alpha value is -1.42. The van der Waals surface area contributed by atoms with Gasteiger partial charge in [-0.05, 0) is 43.9 Å². The summed E-state index contributed by atoms with van der Waals surface area (Å²) in [5.41, 5.74) is 6.43. The van der Waals surface area contributed by atoms with E-state index < -0.39 is 5.54 Å². The molecule has 98 valence electrons. The Balaban J connectivity index is 2.12. The van der Waals surface area contributed by atoms with Gasteiger partial charge in [-0.1, -0.05) is 6.92 Å². The summed E-state index contributed by atoms with van der Waals surface area (Å²) in [6.07, 6.45) is 6.36. The highest BCUT2D eigenvalue weighted by Gasteiger charge is 2.39. The lowest BCUT2D eigenvalue weighted by Crippen LogP contribution is -2.53. The number of nitrogens with two attached hydrogens (primary N) is 1. The number of rotatable bonds is 5. The van der Waals surface area contributed by atoms with E-state index in [2.05, 4.69) is 4.98 Å². The minimum absolute atomic E-state index is 0.0595. The van der Waals surface area contributed by atoms with Crippen molar-refractivity contribution in [3.8, 4) is 0 Å². The number of hydrogen-bond donors (Lipinski definition) is 1. The van der Waals surface area contributed by atoms with Gasteiger partial charge in [0.1, 0.15) is 0 Å². The molecule has 0 saturated heterocycles. The molecule has 1 aliphatic carbocycles. The smallest absolute Gasteiger partial charge is 0.242 e. The van der Waals surface area contributed by atoms with Gasteiger partial charge >= 0.3 is 0 Å². The van der Waals surface area contributed by atoms with Gasteiger partial charge in [0.05, 0.1) is 5.54 Å². The van der Waals surface area contributed by atoms with Crippen LogP contribution in [-0.2, 0) is 11.3 Å². The molecule has 1 unspecified atom stereocenters. The molecule has 1 fully saturated rings. The third-order valence-electron chi connectivity index (χ3n) is 3.57. The fraction of sp³-hybridized carbons (Fsp3) is 0.571. The fourth-order valence-corrected chi connectivity index (χ4v) is 1.92. The predicted octanol–water partition coefficient (Wildman–Crippen LogP) is 1.70. The second kappa shape index (κ2) is 5.06. The summed E-state index contributed by atoms with van der Waals surface area (Å²) in [6.45, 7) is 4.41. The van der Waals surface area contributed by atoms with Crippen LogP contribution in [0, 0.1) is 0 Å². The Bertz CT molecular complexity index is 412. The van der Waals surface area contributed by atoms with Gasteiger partial charge in [0, 0.05) is 25.0 Å². The van der Waals surface area contributed by atoms with Crippen LogP contribution in [0.2, 0.25) is 0 Å². The molecule has 1 atom stereocenters. The first-order chi connectivity index (χ1) is 8.54. The highest BCUT2D eigenvalue weighted by molar-refractivity contribution is 5.86. The average molecular weight is 247 g/mol. The third-order valence-corrected chi connectivity index (χ3v) is 3.57. The van der Waals surface area contributed by atoms with E-state index in [-0.39, 0.29) is 5.91 Å². The zero-order valence-electron chi connectivity index (χ0n) is 11.1. The molecule has 0 radical (unpaired) electrons. The van der Waals surface area contributed by atoms with Crippen LogP contribution < -0.4 is 5.73 Å². The molecule has 1 saturated carbocycles. The Labute approximate surface area is 108 Å². The molecule has 0 aliphatic heterocycles. The molecular weight excluding hydrogens is 226 g/mol. The van der Waals surface area contributed by atoms with Gasteiger partial charge in [-0.15, -0.1) is 0 Å². The van der Waals surface area contributed by atoms with Gasteiger partial charge in [0.15, 0.2) is 0 Å².